The molecule has 1 atom stereocenters. The van der Waals surface area contributed by atoms with Crippen molar-refractivity contribution in [3.05, 3.63) is 65.5 Å². The first-order chi connectivity index (χ1) is 17.6. The van der Waals surface area contributed by atoms with E-state index in [1.807, 2.05) is 39.0 Å². The van der Waals surface area contributed by atoms with Crippen LogP contribution in [0, 0.1) is 0 Å². The van der Waals surface area contributed by atoms with E-state index >= 15 is 0 Å². The van der Waals surface area contributed by atoms with Gasteiger partial charge in [-0.1, -0.05) is 30.3 Å². The number of amides is 3. The molecule has 11 heteroatoms. The predicted molar refractivity (Wildman–Crippen MR) is 136 cm³/mol. The summed E-state index contributed by atoms with van der Waals surface area (Å²) in [6.45, 7) is 5.48. The number of aromatic nitrogens is 3. The molecule has 0 saturated carbocycles. The number of nitrogens with one attached hydrogen (secondary N) is 1. The maximum absolute atomic E-state index is 13.1. The van der Waals surface area contributed by atoms with Crippen LogP contribution in [0.4, 0.5) is 10.6 Å². The van der Waals surface area contributed by atoms with Gasteiger partial charge in [0.2, 0.25) is 0 Å². The van der Waals surface area contributed by atoms with Crippen LogP contribution in [-0.4, -0.2) is 54.6 Å². The average Bonchev–Trinajstić information content (AvgIpc) is 3.34. The first-order valence-electron chi connectivity index (χ1n) is 11.7. The van der Waals surface area contributed by atoms with Crippen LogP contribution in [0.25, 0.3) is 21.9 Å². The Balaban J connectivity index is 1.58. The second-order valence-electron chi connectivity index (χ2n) is 9.74. The number of imide groups is 1. The van der Waals surface area contributed by atoms with Crippen molar-refractivity contribution in [1.29, 1.82) is 0 Å². The van der Waals surface area contributed by atoms with Gasteiger partial charge in [-0.15, -0.1) is 0 Å². The summed E-state index contributed by atoms with van der Waals surface area (Å²) in [5.41, 5.74) is 7.56. The number of aliphatic hydroxyl groups is 1. The van der Waals surface area contributed by atoms with Crippen molar-refractivity contribution in [3.8, 4) is 0 Å². The van der Waals surface area contributed by atoms with E-state index < -0.39 is 29.7 Å². The van der Waals surface area contributed by atoms with Crippen LogP contribution in [-0.2, 0) is 11.3 Å². The largest absolute Gasteiger partial charge is 0.448 e. The number of aliphatic hydroxyl groups excluding tert-OH is 1. The lowest BCUT2D eigenvalue weighted by molar-refractivity contribution is 0.00779. The number of alkyl carbamates (subject to hydrolysis) is 1. The number of fused-ring (bicyclic) bond motifs is 4. The van der Waals surface area contributed by atoms with Gasteiger partial charge in [0.1, 0.15) is 12.1 Å². The summed E-state index contributed by atoms with van der Waals surface area (Å²) in [5.74, 6) is -1.16. The lowest BCUT2D eigenvalue weighted by Crippen LogP contribution is -2.41. The maximum atomic E-state index is 13.1. The molecule has 3 heterocycles. The molecule has 1 unspecified atom stereocenters. The van der Waals surface area contributed by atoms with Crippen molar-refractivity contribution in [1.82, 2.24) is 24.8 Å². The number of nitrogens with two attached hydrogens (primary N) is 1. The van der Waals surface area contributed by atoms with Gasteiger partial charge in [-0.05, 0) is 39.0 Å². The zero-order valence-electron chi connectivity index (χ0n) is 20.6. The quantitative estimate of drug-likeness (QED) is 0.352. The number of para-hydroxylation sites is 1. The summed E-state index contributed by atoms with van der Waals surface area (Å²) in [4.78, 5) is 48.0. The number of hydrogen-bond donors (Lipinski definition) is 3. The topological polar surface area (TPSA) is 153 Å². The number of nitrogen functional groups attached to an aromatic ring is 1. The minimum absolute atomic E-state index is 0.00538. The smallest absolute Gasteiger partial charge is 0.407 e. The van der Waals surface area contributed by atoms with E-state index in [-0.39, 0.29) is 35.9 Å². The maximum Gasteiger partial charge on any atom is 0.407 e. The molecule has 1 aliphatic heterocycles. The van der Waals surface area contributed by atoms with Gasteiger partial charge in [0.25, 0.3) is 11.8 Å². The Kier molecular flexibility index (Phi) is 5.79. The lowest BCUT2D eigenvalue weighted by atomic mass is 10.1. The van der Waals surface area contributed by atoms with E-state index in [1.54, 1.807) is 22.8 Å². The summed E-state index contributed by atoms with van der Waals surface area (Å²) in [6, 6.07) is 13.6. The summed E-state index contributed by atoms with van der Waals surface area (Å²) in [6.07, 6.45) is -2.33. The van der Waals surface area contributed by atoms with Crippen LogP contribution in [0.15, 0.2) is 48.5 Å². The number of rotatable bonds is 5. The summed E-state index contributed by atoms with van der Waals surface area (Å²) < 4.78 is 6.97. The molecule has 0 aliphatic carbocycles. The number of hydrogen-bond acceptors (Lipinski definition) is 8. The predicted octanol–water partition coefficient (Wildman–Crippen LogP) is 2.98. The highest BCUT2D eigenvalue weighted by molar-refractivity contribution is 6.21. The van der Waals surface area contributed by atoms with Gasteiger partial charge in [0.05, 0.1) is 28.7 Å². The number of nitrogens with zero attached hydrogens (tertiary/aromatic N) is 4. The fourth-order valence-corrected chi connectivity index (χ4v) is 4.42. The van der Waals surface area contributed by atoms with Crippen molar-refractivity contribution >= 4 is 45.7 Å². The number of ether oxygens (including phenoxy) is 1. The summed E-state index contributed by atoms with van der Waals surface area (Å²) in [5, 5.41) is 14.8. The third-order valence-electron chi connectivity index (χ3n) is 5.97. The Morgan fingerprint density at radius 2 is 1.68 bits per heavy atom. The molecule has 0 radical (unpaired) electrons. The highest BCUT2D eigenvalue weighted by atomic mass is 16.5. The Morgan fingerprint density at radius 3 is 2.32 bits per heavy atom. The van der Waals surface area contributed by atoms with E-state index in [1.165, 1.54) is 12.1 Å². The van der Waals surface area contributed by atoms with Gasteiger partial charge in [-0.25, -0.2) is 19.7 Å². The minimum Gasteiger partial charge on any atom is -0.448 e. The fraction of sp³-hybridized carbons (Fsp3) is 0.269. The average molecular weight is 503 g/mol. The number of pyridine rings is 1. The highest BCUT2D eigenvalue weighted by Crippen LogP contribution is 2.34. The molecule has 11 nitrogen and oxygen atoms in total. The molecule has 190 valence electrons. The molecule has 3 amide bonds. The summed E-state index contributed by atoms with van der Waals surface area (Å²) >= 11 is 0. The number of benzene rings is 2. The molecular formula is C26H26N6O5. The zero-order valence-corrected chi connectivity index (χ0v) is 20.6. The molecule has 0 spiro atoms. The lowest BCUT2D eigenvalue weighted by Gasteiger charge is -2.22. The Labute approximate surface area is 211 Å². The van der Waals surface area contributed by atoms with Gasteiger partial charge in [0.15, 0.2) is 17.9 Å². The first kappa shape index (κ1) is 24.2. The second-order valence-corrected chi connectivity index (χ2v) is 9.74. The number of imidazole rings is 1. The highest BCUT2D eigenvalue weighted by Gasteiger charge is 2.41. The van der Waals surface area contributed by atoms with E-state index in [0.29, 0.717) is 21.9 Å². The molecule has 0 fully saturated rings. The van der Waals surface area contributed by atoms with Crippen molar-refractivity contribution in [3.63, 3.8) is 0 Å². The van der Waals surface area contributed by atoms with Crippen LogP contribution >= 0.6 is 0 Å². The van der Waals surface area contributed by atoms with Crippen LogP contribution < -0.4 is 11.1 Å². The third kappa shape index (κ3) is 4.23. The molecule has 5 rings (SSSR count). The Hall–Kier alpha value is -4.51. The van der Waals surface area contributed by atoms with Crippen molar-refractivity contribution in [2.45, 2.75) is 39.1 Å². The first-order valence-corrected chi connectivity index (χ1v) is 11.7. The van der Waals surface area contributed by atoms with Crippen LogP contribution in [0.2, 0.25) is 0 Å². The molecule has 1 aliphatic rings. The Bertz CT molecular complexity index is 1540. The molecular weight excluding hydrogens is 476 g/mol. The van der Waals surface area contributed by atoms with Crippen molar-refractivity contribution in [2.24, 2.45) is 0 Å². The number of carbonyl (C=O) groups is 3. The molecule has 2 aromatic carbocycles. The Morgan fingerprint density at radius 1 is 1.05 bits per heavy atom. The van der Waals surface area contributed by atoms with Gasteiger partial charge >= 0.3 is 6.09 Å². The normalized spacial score (nSPS) is 14.3. The fourth-order valence-electron chi connectivity index (χ4n) is 4.42. The minimum atomic E-state index is -1.72. The third-order valence-corrected chi connectivity index (χ3v) is 5.97. The molecule has 2 aromatic heterocycles. The van der Waals surface area contributed by atoms with E-state index in [0.717, 1.165) is 4.90 Å². The van der Waals surface area contributed by atoms with E-state index in [2.05, 4.69) is 15.3 Å². The zero-order chi connectivity index (χ0) is 26.5. The van der Waals surface area contributed by atoms with Gasteiger partial charge < -0.3 is 25.5 Å². The van der Waals surface area contributed by atoms with Gasteiger partial charge in [-0.3, -0.25) is 9.59 Å². The molecule has 4 N–H and O–H groups in total. The number of carbonyl (C=O) groups excluding carboxylic acids is 3. The summed E-state index contributed by atoms with van der Waals surface area (Å²) in [7, 11) is 0. The van der Waals surface area contributed by atoms with E-state index in [4.69, 9.17) is 10.5 Å². The van der Waals surface area contributed by atoms with Crippen LogP contribution in [0.5, 0.6) is 0 Å². The van der Waals surface area contributed by atoms with Crippen molar-refractivity contribution in [2.75, 3.05) is 12.3 Å². The van der Waals surface area contributed by atoms with Crippen LogP contribution in [0.3, 0.4) is 0 Å². The van der Waals surface area contributed by atoms with Crippen LogP contribution in [0.1, 0.15) is 53.5 Å². The molecule has 4 aromatic rings. The second kappa shape index (κ2) is 8.86. The monoisotopic (exact) mass is 502 g/mol. The molecule has 37 heavy (non-hydrogen) atoms. The molecule has 0 saturated heterocycles. The number of anilines is 1. The molecule has 0 bridgehead atoms. The van der Waals surface area contributed by atoms with Crippen molar-refractivity contribution < 1.29 is 24.2 Å². The van der Waals surface area contributed by atoms with E-state index in [9.17, 15) is 19.5 Å². The van der Waals surface area contributed by atoms with Gasteiger partial charge in [0, 0.05) is 10.9 Å². The SMILES string of the molecule is CC(C)(C)NC(=O)OCCn1c(C(O)N2C(=O)c3ccccc3C2=O)nc2c(N)nc3ccccc3c21. The van der Waals surface area contributed by atoms with Gasteiger partial charge in [-0.2, -0.15) is 0 Å². The standard InChI is InChI=1S/C26H26N6O5/c1-26(2,3)30-25(36)37-13-12-31-19-16-10-6-7-11-17(16)28-20(27)18(19)29-21(31)24(35)32-22(33)14-8-4-5-9-15(14)23(32)34/h4-11,24,35H,12-13H2,1-3H3,(H2,27,28)(H,30,36).